The highest BCUT2D eigenvalue weighted by atomic mass is 32.2. The van der Waals surface area contributed by atoms with Crippen molar-refractivity contribution in [3.05, 3.63) is 51.7 Å². The van der Waals surface area contributed by atoms with Gasteiger partial charge in [0.05, 0.1) is 17.5 Å². The van der Waals surface area contributed by atoms with Crippen LogP contribution in [0.2, 0.25) is 0 Å². The van der Waals surface area contributed by atoms with Gasteiger partial charge in [-0.1, -0.05) is 23.8 Å². The van der Waals surface area contributed by atoms with Gasteiger partial charge in [0, 0.05) is 37.0 Å². The summed E-state index contributed by atoms with van der Waals surface area (Å²) < 4.78 is 33.7. The average molecular weight is 477 g/mol. The van der Waals surface area contributed by atoms with E-state index in [1.165, 1.54) is 4.31 Å². The predicted molar refractivity (Wildman–Crippen MR) is 126 cm³/mol. The molecule has 2 aliphatic heterocycles. The van der Waals surface area contributed by atoms with Crippen LogP contribution < -0.4 is 0 Å². The first kappa shape index (κ1) is 23.4. The van der Waals surface area contributed by atoms with Gasteiger partial charge in [-0.3, -0.25) is 4.79 Å². The summed E-state index contributed by atoms with van der Waals surface area (Å²) in [6.07, 6.45) is 3.23. The summed E-state index contributed by atoms with van der Waals surface area (Å²) >= 11 is 1.65. The Morgan fingerprint density at radius 3 is 2.59 bits per heavy atom. The van der Waals surface area contributed by atoms with Gasteiger partial charge in [0.2, 0.25) is 15.9 Å². The number of aryl methyl sites for hydroxylation is 2. The molecular weight excluding hydrogens is 444 g/mol. The third-order valence-corrected chi connectivity index (χ3v) is 9.36. The minimum atomic E-state index is -3.55. The van der Waals surface area contributed by atoms with Crippen molar-refractivity contribution in [1.29, 1.82) is 0 Å². The van der Waals surface area contributed by atoms with Gasteiger partial charge in [-0.15, -0.1) is 11.3 Å². The number of carbonyl (C=O) groups is 1. The Bertz CT molecular complexity index is 1020. The monoisotopic (exact) mass is 476 g/mol. The van der Waals surface area contributed by atoms with E-state index >= 15 is 0 Å². The first-order valence-electron chi connectivity index (χ1n) is 11.3. The zero-order valence-electron chi connectivity index (χ0n) is 18.8. The number of piperidine rings is 1. The molecule has 2 fully saturated rings. The van der Waals surface area contributed by atoms with Crippen LogP contribution in [0.5, 0.6) is 0 Å². The molecule has 1 aromatic carbocycles. The molecule has 1 aromatic heterocycles. The molecule has 2 aromatic rings. The standard InChI is InChI=1S/C24H32N2O4S2/c1-18-7-8-23(19(2)15-18)32(28,29)26-11-9-20(10-12-26)24(27)25(16-21-5-3-13-30-21)17-22-6-4-14-31-22/h4,6-8,14-15,20-21H,3,5,9-13,16-17H2,1-2H3. The minimum absolute atomic E-state index is 0.101. The summed E-state index contributed by atoms with van der Waals surface area (Å²) in [4.78, 5) is 16.9. The Morgan fingerprint density at radius 1 is 1.19 bits per heavy atom. The van der Waals surface area contributed by atoms with Gasteiger partial charge < -0.3 is 9.64 Å². The number of hydrogen-bond acceptors (Lipinski definition) is 5. The fourth-order valence-electron chi connectivity index (χ4n) is 4.69. The van der Waals surface area contributed by atoms with Crippen molar-refractivity contribution in [1.82, 2.24) is 9.21 Å². The molecule has 1 atom stereocenters. The highest BCUT2D eigenvalue weighted by Gasteiger charge is 2.35. The van der Waals surface area contributed by atoms with Crippen LogP contribution in [0.15, 0.2) is 40.6 Å². The molecule has 3 heterocycles. The Hall–Kier alpha value is -1.74. The predicted octanol–water partition coefficient (Wildman–Crippen LogP) is 3.97. The summed E-state index contributed by atoms with van der Waals surface area (Å²) in [6.45, 7) is 6.51. The van der Waals surface area contributed by atoms with Gasteiger partial charge in [-0.25, -0.2) is 8.42 Å². The fraction of sp³-hybridized carbons (Fsp3) is 0.542. The molecule has 2 saturated heterocycles. The Balaban J connectivity index is 1.42. The lowest BCUT2D eigenvalue weighted by molar-refractivity contribution is -0.139. The van der Waals surface area contributed by atoms with Crippen LogP contribution in [-0.4, -0.2) is 55.9 Å². The fourth-order valence-corrected chi connectivity index (χ4v) is 7.08. The number of thiophene rings is 1. The van der Waals surface area contributed by atoms with E-state index < -0.39 is 10.0 Å². The van der Waals surface area contributed by atoms with E-state index in [-0.39, 0.29) is 17.9 Å². The van der Waals surface area contributed by atoms with E-state index in [9.17, 15) is 13.2 Å². The van der Waals surface area contributed by atoms with Crippen molar-refractivity contribution >= 4 is 27.3 Å². The second-order valence-electron chi connectivity index (χ2n) is 8.88. The molecule has 2 aliphatic rings. The molecule has 1 amide bonds. The maximum absolute atomic E-state index is 13.4. The molecule has 0 radical (unpaired) electrons. The van der Waals surface area contributed by atoms with E-state index in [0.29, 0.717) is 43.9 Å². The zero-order chi connectivity index (χ0) is 22.7. The number of benzene rings is 1. The Labute approximate surface area is 195 Å². The van der Waals surface area contributed by atoms with Gasteiger partial charge in [-0.05, 0) is 62.6 Å². The first-order chi connectivity index (χ1) is 15.3. The molecule has 0 saturated carbocycles. The van der Waals surface area contributed by atoms with Crippen molar-refractivity contribution < 1.29 is 17.9 Å². The maximum Gasteiger partial charge on any atom is 0.243 e. The van der Waals surface area contributed by atoms with E-state index in [0.717, 1.165) is 35.5 Å². The average Bonchev–Trinajstić information content (AvgIpc) is 3.47. The summed E-state index contributed by atoms with van der Waals surface area (Å²) in [6, 6.07) is 9.49. The second kappa shape index (κ2) is 10.0. The highest BCUT2D eigenvalue weighted by Crippen LogP contribution is 2.28. The van der Waals surface area contributed by atoms with Crippen molar-refractivity contribution in [2.45, 2.75) is 57.1 Å². The molecule has 32 heavy (non-hydrogen) atoms. The number of amides is 1. The molecule has 4 rings (SSSR count). The zero-order valence-corrected chi connectivity index (χ0v) is 20.5. The number of sulfonamides is 1. The van der Waals surface area contributed by atoms with Crippen LogP contribution in [0.3, 0.4) is 0 Å². The van der Waals surface area contributed by atoms with Gasteiger partial charge in [0.15, 0.2) is 0 Å². The molecular formula is C24H32N2O4S2. The third kappa shape index (κ3) is 5.25. The van der Waals surface area contributed by atoms with Crippen LogP contribution in [0.1, 0.15) is 41.7 Å². The smallest absolute Gasteiger partial charge is 0.243 e. The summed E-state index contributed by atoms with van der Waals surface area (Å²) in [7, 11) is -3.55. The number of ether oxygens (including phenoxy) is 1. The topological polar surface area (TPSA) is 66.9 Å². The van der Waals surface area contributed by atoms with Crippen LogP contribution >= 0.6 is 11.3 Å². The lowest BCUT2D eigenvalue weighted by atomic mass is 9.96. The normalized spacial score (nSPS) is 20.5. The van der Waals surface area contributed by atoms with Gasteiger partial charge in [0.25, 0.3) is 0 Å². The van der Waals surface area contributed by atoms with E-state index in [1.54, 1.807) is 17.4 Å². The lowest BCUT2D eigenvalue weighted by Crippen LogP contribution is -2.45. The van der Waals surface area contributed by atoms with E-state index in [4.69, 9.17) is 4.74 Å². The van der Waals surface area contributed by atoms with Crippen molar-refractivity contribution in [3.8, 4) is 0 Å². The van der Waals surface area contributed by atoms with Crippen molar-refractivity contribution in [3.63, 3.8) is 0 Å². The third-order valence-electron chi connectivity index (χ3n) is 6.44. The van der Waals surface area contributed by atoms with Crippen LogP contribution in [0.25, 0.3) is 0 Å². The molecule has 8 heteroatoms. The van der Waals surface area contributed by atoms with Gasteiger partial charge in [0.1, 0.15) is 0 Å². The number of rotatable bonds is 7. The summed E-state index contributed by atoms with van der Waals surface area (Å²) in [5.41, 5.74) is 1.81. The highest BCUT2D eigenvalue weighted by molar-refractivity contribution is 7.89. The van der Waals surface area contributed by atoms with Gasteiger partial charge >= 0.3 is 0 Å². The second-order valence-corrected chi connectivity index (χ2v) is 11.8. The molecule has 0 N–H and O–H groups in total. The van der Waals surface area contributed by atoms with Crippen LogP contribution in [0.4, 0.5) is 0 Å². The first-order valence-corrected chi connectivity index (χ1v) is 13.7. The molecule has 0 aliphatic carbocycles. The van der Waals surface area contributed by atoms with Gasteiger partial charge in [-0.2, -0.15) is 4.31 Å². The number of nitrogens with zero attached hydrogens (tertiary/aromatic N) is 2. The SMILES string of the molecule is Cc1ccc(S(=O)(=O)N2CCC(C(=O)N(Cc3cccs3)CC3CCCO3)CC2)c(C)c1. The Kier molecular flexibility index (Phi) is 7.34. The molecule has 6 nitrogen and oxygen atoms in total. The number of hydrogen-bond donors (Lipinski definition) is 0. The van der Waals surface area contributed by atoms with Crippen LogP contribution in [0, 0.1) is 19.8 Å². The van der Waals surface area contributed by atoms with E-state index in [2.05, 4.69) is 6.07 Å². The minimum Gasteiger partial charge on any atom is -0.376 e. The lowest BCUT2D eigenvalue weighted by Gasteiger charge is -2.34. The van der Waals surface area contributed by atoms with Crippen molar-refractivity contribution in [2.75, 3.05) is 26.2 Å². The number of carbonyl (C=O) groups excluding carboxylic acids is 1. The summed E-state index contributed by atoms with van der Waals surface area (Å²) in [5, 5.41) is 2.03. The van der Waals surface area contributed by atoms with Crippen molar-refractivity contribution in [2.24, 2.45) is 5.92 Å². The van der Waals surface area contributed by atoms with E-state index in [1.807, 2.05) is 42.3 Å². The maximum atomic E-state index is 13.4. The van der Waals surface area contributed by atoms with Crippen LogP contribution in [-0.2, 0) is 26.1 Å². The molecule has 0 bridgehead atoms. The largest absolute Gasteiger partial charge is 0.376 e. The Morgan fingerprint density at radius 2 is 1.97 bits per heavy atom. The molecule has 0 spiro atoms. The molecule has 1 unspecified atom stereocenters. The quantitative estimate of drug-likeness (QED) is 0.606. The molecule has 174 valence electrons. The summed E-state index contributed by atoms with van der Waals surface area (Å²) in [5.74, 6) is -0.0283.